The fourth-order valence-corrected chi connectivity index (χ4v) is 2.15. The molecule has 0 amide bonds. The van der Waals surface area contributed by atoms with Gasteiger partial charge < -0.3 is 14.6 Å². The Balaban J connectivity index is 2.55. The summed E-state index contributed by atoms with van der Waals surface area (Å²) in [5, 5.41) is 9.74. The number of nitrogens with zero attached hydrogens (tertiary/aromatic N) is 1. The summed E-state index contributed by atoms with van der Waals surface area (Å²) in [4.78, 5) is 28.4. The van der Waals surface area contributed by atoms with Crippen molar-refractivity contribution in [3.63, 3.8) is 0 Å². The normalized spacial score (nSPS) is 12.3. The van der Waals surface area contributed by atoms with Crippen LogP contribution in [0.2, 0.25) is 0 Å². The number of hydrogen-bond donors (Lipinski definition) is 1. The number of rotatable bonds is 5. The summed E-state index contributed by atoms with van der Waals surface area (Å²) in [6.45, 7) is 0. The minimum absolute atomic E-state index is 0.360. The van der Waals surface area contributed by atoms with E-state index in [1.807, 2.05) is 0 Å². The first-order valence-electron chi connectivity index (χ1n) is 6.85. The van der Waals surface area contributed by atoms with Crippen LogP contribution in [-0.4, -0.2) is 35.3 Å². The first kappa shape index (κ1) is 18.2. The van der Waals surface area contributed by atoms with Gasteiger partial charge in [0, 0.05) is 11.8 Å². The summed E-state index contributed by atoms with van der Waals surface area (Å²) in [6.07, 6.45) is -3.83. The highest BCUT2D eigenvalue weighted by atomic mass is 19.4. The number of ketones is 1. The monoisotopic (exact) mass is 355 g/mol. The molecule has 0 aliphatic carbocycles. The van der Waals surface area contributed by atoms with Crippen molar-refractivity contribution in [3.05, 3.63) is 53.9 Å². The number of benzene rings is 1. The molecule has 1 atom stereocenters. The van der Waals surface area contributed by atoms with Gasteiger partial charge in [-0.3, -0.25) is 9.59 Å². The van der Waals surface area contributed by atoms with Crippen LogP contribution in [0.3, 0.4) is 0 Å². The number of carbonyl (C=O) groups excluding carboxylic acids is 2. The van der Waals surface area contributed by atoms with E-state index in [-0.39, 0.29) is 5.56 Å². The van der Waals surface area contributed by atoms with Crippen molar-refractivity contribution in [2.24, 2.45) is 0 Å². The quantitative estimate of drug-likeness (QED) is 0.504. The molecule has 6 nitrogen and oxygen atoms in total. The maximum absolute atomic E-state index is 12.6. The van der Waals surface area contributed by atoms with E-state index in [1.54, 1.807) is 0 Å². The van der Waals surface area contributed by atoms with Gasteiger partial charge in [-0.05, 0) is 18.2 Å². The second-order valence-corrected chi connectivity index (χ2v) is 4.78. The SMILES string of the molecule is COC(=O)C(C(=O)c1ncccc1O)c1ccccc1OC(F)(F)F. The van der Waals surface area contributed by atoms with E-state index in [0.717, 1.165) is 25.3 Å². The van der Waals surface area contributed by atoms with Gasteiger partial charge in [0.1, 0.15) is 17.2 Å². The van der Waals surface area contributed by atoms with Crippen molar-refractivity contribution in [3.8, 4) is 11.5 Å². The maximum atomic E-state index is 12.6. The van der Waals surface area contributed by atoms with E-state index in [1.165, 1.54) is 24.4 Å². The lowest BCUT2D eigenvalue weighted by Crippen LogP contribution is -2.26. The summed E-state index contributed by atoms with van der Waals surface area (Å²) < 4.78 is 46.2. The van der Waals surface area contributed by atoms with E-state index in [9.17, 15) is 27.9 Å². The molecule has 2 aromatic rings. The van der Waals surface area contributed by atoms with Crippen LogP contribution in [-0.2, 0) is 9.53 Å². The molecule has 0 spiro atoms. The van der Waals surface area contributed by atoms with Crippen LogP contribution in [0.5, 0.6) is 11.5 Å². The lowest BCUT2D eigenvalue weighted by Gasteiger charge is -2.18. The van der Waals surface area contributed by atoms with Crippen molar-refractivity contribution < 1.29 is 37.3 Å². The molecular formula is C16H12F3NO5. The summed E-state index contributed by atoms with van der Waals surface area (Å²) in [5.74, 6) is -5.18. The molecule has 0 fully saturated rings. The molecule has 1 heterocycles. The van der Waals surface area contributed by atoms with Gasteiger partial charge in [-0.15, -0.1) is 13.2 Å². The molecule has 0 bridgehead atoms. The van der Waals surface area contributed by atoms with Gasteiger partial charge in [-0.25, -0.2) is 4.98 Å². The van der Waals surface area contributed by atoms with E-state index >= 15 is 0 Å². The molecule has 25 heavy (non-hydrogen) atoms. The molecule has 9 heteroatoms. The van der Waals surface area contributed by atoms with E-state index in [0.29, 0.717) is 0 Å². The number of Topliss-reactive ketones (excluding diaryl/α,β-unsaturated/α-hetero) is 1. The van der Waals surface area contributed by atoms with Crippen molar-refractivity contribution in [2.75, 3.05) is 7.11 Å². The van der Waals surface area contributed by atoms with Crippen LogP contribution in [0.4, 0.5) is 13.2 Å². The predicted molar refractivity (Wildman–Crippen MR) is 78.1 cm³/mol. The molecule has 0 aliphatic rings. The largest absolute Gasteiger partial charge is 0.573 e. The minimum atomic E-state index is -5.02. The number of pyridine rings is 1. The first-order chi connectivity index (χ1) is 11.7. The third kappa shape index (κ3) is 4.25. The van der Waals surface area contributed by atoms with Crippen molar-refractivity contribution in [2.45, 2.75) is 12.3 Å². The Morgan fingerprint density at radius 2 is 1.84 bits per heavy atom. The third-order valence-electron chi connectivity index (χ3n) is 3.17. The van der Waals surface area contributed by atoms with Crippen molar-refractivity contribution in [1.82, 2.24) is 4.98 Å². The number of para-hydroxylation sites is 1. The molecule has 0 saturated heterocycles. The molecular weight excluding hydrogens is 343 g/mol. The Hall–Kier alpha value is -3.10. The van der Waals surface area contributed by atoms with Crippen LogP contribution in [0.1, 0.15) is 22.0 Å². The average Bonchev–Trinajstić information content (AvgIpc) is 2.55. The zero-order valence-electron chi connectivity index (χ0n) is 12.8. The highest BCUT2D eigenvalue weighted by molar-refractivity contribution is 6.13. The minimum Gasteiger partial charge on any atom is -0.506 e. The lowest BCUT2D eigenvalue weighted by molar-refractivity contribution is -0.275. The van der Waals surface area contributed by atoms with Gasteiger partial charge in [0.15, 0.2) is 5.92 Å². The van der Waals surface area contributed by atoms with Gasteiger partial charge in [0.25, 0.3) is 0 Å². The molecule has 1 N–H and O–H groups in total. The number of halogens is 3. The van der Waals surface area contributed by atoms with E-state index in [2.05, 4.69) is 14.5 Å². The zero-order chi connectivity index (χ0) is 18.6. The van der Waals surface area contributed by atoms with Gasteiger partial charge >= 0.3 is 12.3 Å². The smallest absolute Gasteiger partial charge is 0.506 e. The summed E-state index contributed by atoms with van der Waals surface area (Å²) in [7, 11) is 0.980. The summed E-state index contributed by atoms with van der Waals surface area (Å²) in [5.41, 5.74) is -0.832. The fourth-order valence-electron chi connectivity index (χ4n) is 2.15. The maximum Gasteiger partial charge on any atom is 0.573 e. The topological polar surface area (TPSA) is 85.7 Å². The summed E-state index contributed by atoms with van der Waals surface area (Å²) in [6, 6.07) is 7.18. The second kappa shape index (κ2) is 7.20. The van der Waals surface area contributed by atoms with Gasteiger partial charge in [0.2, 0.25) is 5.78 Å². The molecule has 0 radical (unpaired) electrons. The Bertz CT molecular complexity index is 791. The number of carbonyl (C=O) groups is 2. The molecule has 0 saturated carbocycles. The molecule has 1 unspecified atom stereocenters. The van der Waals surface area contributed by atoms with Crippen molar-refractivity contribution in [1.29, 1.82) is 0 Å². The zero-order valence-corrected chi connectivity index (χ0v) is 12.8. The standard InChI is InChI=1S/C16H12F3NO5/c1-24-15(23)12(14(22)13-10(21)6-4-8-20-13)9-5-2-3-7-11(9)25-16(17,18)19/h2-8,12,21H,1H3. The number of ether oxygens (including phenoxy) is 2. The van der Waals surface area contributed by atoms with Crippen LogP contribution in [0.25, 0.3) is 0 Å². The Kier molecular flexibility index (Phi) is 5.26. The Morgan fingerprint density at radius 3 is 2.44 bits per heavy atom. The van der Waals surface area contributed by atoms with Crippen LogP contribution >= 0.6 is 0 Å². The van der Waals surface area contributed by atoms with Crippen molar-refractivity contribution >= 4 is 11.8 Å². The average molecular weight is 355 g/mol. The van der Waals surface area contributed by atoms with Gasteiger partial charge in [-0.2, -0.15) is 0 Å². The highest BCUT2D eigenvalue weighted by Crippen LogP contribution is 2.34. The van der Waals surface area contributed by atoms with E-state index in [4.69, 9.17) is 0 Å². The lowest BCUT2D eigenvalue weighted by atomic mass is 9.91. The molecule has 132 valence electrons. The first-order valence-corrected chi connectivity index (χ1v) is 6.85. The second-order valence-electron chi connectivity index (χ2n) is 4.78. The number of aromatic nitrogens is 1. The summed E-state index contributed by atoms with van der Waals surface area (Å²) >= 11 is 0. The molecule has 1 aromatic heterocycles. The predicted octanol–water partition coefficient (Wildman–Crippen LogP) is 2.83. The van der Waals surface area contributed by atoms with Crippen LogP contribution < -0.4 is 4.74 Å². The van der Waals surface area contributed by atoms with Gasteiger partial charge in [0.05, 0.1) is 7.11 Å². The van der Waals surface area contributed by atoms with Gasteiger partial charge in [-0.1, -0.05) is 18.2 Å². The number of aromatic hydroxyl groups is 1. The van der Waals surface area contributed by atoms with Crippen LogP contribution in [0, 0.1) is 0 Å². The number of hydrogen-bond acceptors (Lipinski definition) is 6. The molecule has 1 aromatic carbocycles. The Morgan fingerprint density at radius 1 is 1.16 bits per heavy atom. The van der Waals surface area contributed by atoms with Crippen LogP contribution in [0.15, 0.2) is 42.6 Å². The molecule has 2 rings (SSSR count). The number of alkyl halides is 3. The highest BCUT2D eigenvalue weighted by Gasteiger charge is 2.38. The van der Waals surface area contributed by atoms with E-state index < -0.39 is 41.2 Å². The third-order valence-corrected chi connectivity index (χ3v) is 3.17. The number of methoxy groups -OCH3 is 1. The Labute approximate surface area is 139 Å². The fraction of sp³-hybridized carbons (Fsp3) is 0.188. The molecule has 0 aliphatic heterocycles. The number of esters is 1.